The van der Waals surface area contributed by atoms with E-state index in [1.807, 2.05) is 41.7 Å². The number of piperidine rings is 1. The Balaban J connectivity index is 1.37. The van der Waals surface area contributed by atoms with Gasteiger partial charge in [-0.05, 0) is 25.0 Å². The van der Waals surface area contributed by atoms with Crippen molar-refractivity contribution in [1.82, 2.24) is 19.4 Å². The molecule has 124 valence electrons. The second kappa shape index (κ2) is 6.47. The minimum Gasteiger partial charge on any atom is -0.441 e. The van der Waals surface area contributed by atoms with Gasteiger partial charge in [0, 0.05) is 38.3 Å². The van der Waals surface area contributed by atoms with Gasteiger partial charge < -0.3 is 13.9 Å². The molecule has 0 spiro atoms. The first-order valence-corrected chi connectivity index (χ1v) is 8.39. The van der Waals surface area contributed by atoms with Gasteiger partial charge in [0.25, 0.3) is 0 Å². The molecular weight excluding hydrogens is 304 g/mol. The van der Waals surface area contributed by atoms with E-state index in [0.29, 0.717) is 24.8 Å². The van der Waals surface area contributed by atoms with Crippen LogP contribution in [0.1, 0.15) is 31.2 Å². The standard InChI is InChI=1S/C18H20N4O2/c23-18(8-7-17-20-15-5-1-2-6-16(15)24-17)21-10-3-4-14(12-21)22-11-9-19-13-22/h1-2,5-6,9,11,13-14H,3-4,7-8,10,12H2/t14-/m0/s1. The van der Waals surface area contributed by atoms with Gasteiger partial charge in [-0.15, -0.1) is 0 Å². The second-order valence-electron chi connectivity index (χ2n) is 6.22. The number of hydrogen-bond donors (Lipinski definition) is 0. The van der Waals surface area contributed by atoms with Crippen LogP contribution in [0.3, 0.4) is 0 Å². The van der Waals surface area contributed by atoms with Crippen LogP contribution < -0.4 is 0 Å². The summed E-state index contributed by atoms with van der Waals surface area (Å²) in [4.78, 5) is 23.0. The van der Waals surface area contributed by atoms with E-state index in [1.54, 1.807) is 6.20 Å². The number of hydrogen-bond acceptors (Lipinski definition) is 4. The minimum absolute atomic E-state index is 0.169. The quantitative estimate of drug-likeness (QED) is 0.740. The molecule has 0 aliphatic carbocycles. The highest BCUT2D eigenvalue weighted by molar-refractivity contribution is 5.77. The predicted molar refractivity (Wildman–Crippen MR) is 89.4 cm³/mol. The summed E-state index contributed by atoms with van der Waals surface area (Å²) in [7, 11) is 0. The van der Waals surface area contributed by atoms with Crippen molar-refractivity contribution in [2.24, 2.45) is 0 Å². The summed E-state index contributed by atoms with van der Waals surface area (Å²) in [5, 5.41) is 0. The first-order chi connectivity index (χ1) is 11.8. The van der Waals surface area contributed by atoms with Crippen molar-refractivity contribution in [2.75, 3.05) is 13.1 Å². The number of benzene rings is 1. The third-order valence-electron chi connectivity index (χ3n) is 4.59. The van der Waals surface area contributed by atoms with Gasteiger partial charge in [-0.3, -0.25) is 4.79 Å². The van der Waals surface area contributed by atoms with Crippen molar-refractivity contribution < 1.29 is 9.21 Å². The molecule has 0 unspecified atom stereocenters. The topological polar surface area (TPSA) is 64.2 Å². The number of carbonyl (C=O) groups is 1. The van der Waals surface area contributed by atoms with Gasteiger partial charge in [0.15, 0.2) is 11.5 Å². The number of amides is 1. The first kappa shape index (κ1) is 14.9. The Morgan fingerprint density at radius 1 is 1.33 bits per heavy atom. The fourth-order valence-corrected chi connectivity index (χ4v) is 3.31. The Kier molecular flexibility index (Phi) is 4.02. The van der Waals surface area contributed by atoms with Crippen molar-refractivity contribution in [2.45, 2.75) is 31.7 Å². The van der Waals surface area contributed by atoms with Crippen LogP contribution >= 0.6 is 0 Å². The van der Waals surface area contributed by atoms with E-state index in [0.717, 1.165) is 37.0 Å². The van der Waals surface area contributed by atoms with Crippen molar-refractivity contribution in [3.8, 4) is 0 Å². The average molecular weight is 324 g/mol. The fourth-order valence-electron chi connectivity index (χ4n) is 3.31. The Labute approximate surface area is 140 Å². The average Bonchev–Trinajstić information content (AvgIpc) is 3.29. The summed E-state index contributed by atoms with van der Waals surface area (Å²) in [6.45, 7) is 1.58. The Morgan fingerprint density at radius 2 is 2.25 bits per heavy atom. The molecule has 1 aromatic carbocycles. The number of likely N-dealkylation sites (tertiary alicyclic amines) is 1. The second-order valence-corrected chi connectivity index (χ2v) is 6.22. The van der Waals surface area contributed by atoms with E-state index in [9.17, 15) is 4.79 Å². The van der Waals surface area contributed by atoms with Crippen molar-refractivity contribution in [1.29, 1.82) is 0 Å². The number of imidazole rings is 1. The maximum atomic E-state index is 12.5. The van der Waals surface area contributed by atoms with Crippen LogP contribution in [0.15, 0.2) is 47.4 Å². The zero-order valence-corrected chi connectivity index (χ0v) is 13.5. The van der Waals surface area contributed by atoms with E-state index in [1.165, 1.54) is 0 Å². The molecule has 3 aromatic rings. The van der Waals surface area contributed by atoms with Crippen LogP contribution in [0.4, 0.5) is 0 Å². The lowest BCUT2D eigenvalue weighted by Crippen LogP contribution is -2.40. The number of carbonyl (C=O) groups excluding carboxylic acids is 1. The lowest BCUT2D eigenvalue weighted by atomic mass is 10.0. The van der Waals surface area contributed by atoms with Crippen LogP contribution in [0.25, 0.3) is 11.1 Å². The van der Waals surface area contributed by atoms with E-state index in [2.05, 4.69) is 14.5 Å². The molecule has 1 atom stereocenters. The monoisotopic (exact) mass is 324 g/mol. The highest BCUT2D eigenvalue weighted by Crippen LogP contribution is 2.22. The molecule has 1 aliphatic heterocycles. The smallest absolute Gasteiger partial charge is 0.223 e. The molecule has 4 rings (SSSR count). The highest BCUT2D eigenvalue weighted by Gasteiger charge is 2.24. The van der Waals surface area contributed by atoms with Crippen LogP contribution in [0.2, 0.25) is 0 Å². The third kappa shape index (κ3) is 3.04. The van der Waals surface area contributed by atoms with Gasteiger partial charge in [-0.1, -0.05) is 12.1 Å². The van der Waals surface area contributed by atoms with Gasteiger partial charge >= 0.3 is 0 Å². The molecule has 24 heavy (non-hydrogen) atoms. The van der Waals surface area contributed by atoms with Gasteiger partial charge in [0.2, 0.25) is 5.91 Å². The lowest BCUT2D eigenvalue weighted by molar-refractivity contribution is -0.132. The predicted octanol–water partition coefficient (Wildman–Crippen LogP) is 2.82. The normalized spacial score (nSPS) is 18.2. The third-order valence-corrected chi connectivity index (χ3v) is 4.59. The largest absolute Gasteiger partial charge is 0.441 e. The molecule has 1 amide bonds. The highest BCUT2D eigenvalue weighted by atomic mass is 16.3. The SMILES string of the molecule is O=C(CCc1nc2ccccc2o1)N1CCC[C@H](n2ccnc2)C1. The van der Waals surface area contributed by atoms with E-state index in [4.69, 9.17) is 4.42 Å². The van der Waals surface area contributed by atoms with Crippen LogP contribution in [-0.2, 0) is 11.2 Å². The van der Waals surface area contributed by atoms with Crippen LogP contribution in [0.5, 0.6) is 0 Å². The molecule has 1 fully saturated rings. The zero-order chi connectivity index (χ0) is 16.4. The first-order valence-electron chi connectivity index (χ1n) is 8.39. The Morgan fingerprint density at radius 3 is 3.08 bits per heavy atom. The number of nitrogens with zero attached hydrogens (tertiary/aromatic N) is 4. The number of para-hydroxylation sites is 2. The molecule has 6 nitrogen and oxygen atoms in total. The Bertz CT molecular complexity index is 792. The summed E-state index contributed by atoms with van der Waals surface area (Å²) >= 11 is 0. The number of aryl methyl sites for hydroxylation is 1. The van der Waals surface area contributed by atoms with Crippen molar-refractivity contribution >= 4 is 17.0 Å². The fraction of sp³-hybridized carbons (Fsp3) is 0.389. The van der Waals surface area contributed by atoms with Gasteiger partial charge in [0.05, 0.1) is 12.4 Å². The minimum atomic E-state index is 0.169. The number of rotatable bonds is 4. The van der Waals surface area contributed by atoms with Crippen LogP contribution in [0, 0.1) is 0 Å². The molecule has 1 saturated heterocycles. The summed E-state index contributed by atoms with van der Waals surface area (Å²) in [6.07, 6.45) is 8.67. The van der Waals surface area contributed by atoms with E-state index >= 15 is 0 Å². The van der Waals surface area contributed by atoms with E-state index < -0.39 is 0 Å². The molecule has 0 radical (unpaired) electrons. The molecule has 1 aliphatic rings. The molecule has 2 aromatic heterocycles. The summed E-state index contributed by atoms with van der Waals surface area (Å²) in [5.74, 6) is 0.801. The van der Waals surface area contributed by atoms with Gasteiger partial charge in [-0.2, -0.15) is 0 Å². The number of fused-ring (bicyclic) bond motifs is 1. The molecule has 0 N–H and O–H groups in total. The maximum Gasteiger partial charge on any atom is 0.223 e. The summed E-state index contributed by atoms with van der Waals surface area (Å²) < 4.78 is 7.79. The van der Waals surface area contributed by atoms with Crippen molar-refractivity contribution in [3.63, 3.8) is 0 Å². The number of aromatic nitrogens is 3. The summed E-state index contributed by atoms with van der Waals surface area (Å²) in [6, 6.07) is 8.00. The van der Waals surface area contributed by atoms with E-state index in [-0.39, 0.29) is 5.91 Å². The molecule has 0 saturated carbocycles. The van der Waals surface area contributed by atoms with Crippen molar-refractivity contribution in [3.05, 3.63) is 48.9 Å². The van der Waals surface area contributed by atoms with Gasteiger partial charge in [-0.25, -0.2) is 9.97 Å². The Hall–Kier alpha value is -2.63. The molecule has 0 bridgehead atoms. The lowest BCUT2D eigenvalue weighted by Gasteiger charge is -2.33. The molecule has 6 heteroatoms. The van der Waals surface area contributed by atoms with Crippen LogP contribution in [-0.4, -0.2) is 38.4 Å². The number of oxazole rings is 1. The maximum absolute atomic E-state index is 12.5. The molecular formula is C18H20N4O2. The zero-order valence-electron chi connectivity index (χ0n) is 13.5. The molecule has 3 heterocycles. The van der Waals surface area contributed by atoms with Gasteiger partial charge in [0.1, 0.15) is 5.52 Å². The summed E-state index contributed by atoms with van der Waals surface area (Å²) in [5.41, 5.74) is 1.62.